The fourth-order valence-corrected chi connectivity index (χ4v) is 2.40. The van der Waals surface area contributed by atoms with Crippen molar-refractivity contribution in [2.75, 3.05) is 0 Å². The van der Waals surface area contributed by atoms with Crippen LogP contribution in [-0.2, 0) is 0 Å². The van der Waals surface area contributed by atoms with Gasteiger partial charge in [0.25, 0.3) is 0 Å². The Kier molecular flexibility index (Phi) is 4.28. The molecule has 0 spiro atoms. The maximum Gasteiger partial charge on any atom is 0.185 e. The van der Waals surface area contributed by atoms with Crippen LogP contribution in [0.3, 0.4) is 0 Å². The van der Waals surface area contributed by atoms with Crippen molar-refractivity contribution in [3.8, 4) is 0 Å². The van der Waals surface area contributed by atoms with Gasteiger partial charge in [-0.05, 0) is 16.8 Å². The number of halogens is 3. The predicted molar refractivity (Wildman–Crippen MR) is 77.7 cm³/mol. The molecule has 0 aliphatic heterocycles. The highest BCUT2D eigenvalue weighted by atomic mass is 35.5. The second kappa shape index (κ2) is 5.75. The first-order valence-electron chi connectivity index (χ1n) is 5.28. The molecule has 0 saturated heterocycles. The van der Waals surface area contributed by atoms with E-state index < -0.39 is 5.38 Å². The third-order valence-electron chi connectivity index (χ3n) is 2.58. The van der Waals surface area contributed by atoms with Crippen molar-refractivity contribution in [3.63, 3.8) is 0 Å². The molecule has 1 atom stereocenters. The number of hydrogen-bond acceptors (Lipinski definition) is 1. The first kappa shape index (κ1) is 13.4. The summed E-state index contributed by atoms with van der Waals surface area (Å²) >= 11 is 17.0. The number of fused-ring (bicyclic) bond motifs is 1. The summed E-state index contributed by atoms with van der Waals surface area (Å²) in [7, 11) is 0. The van der Waals surface area contributed by atoms with Gasteiger partial charge < -0.3 is 0 Å². The highest BCUT2D eigenvalue weighted by molar-refractivity contribution is 6.56. The summed E-state index contributed by atoms with van der Waals surface area (Å²) in [6.07, 6.45) is 1.31. The Bertz CT molecular complexity index is 610. The van der Waals surface area contributed by atoms with Crippen LogP contribution in [0.15, 0.2) is 53.0 Å². The Morgan fingerprint density at radius 1 is 1.06 bits per heavy atom. The summed E-state index contributed by atoms with van der Waals surface area (Å²) in [5, 5.41) is 1.00. The van der Waals surface area contributed by atoms with Crippen LogP contribution >= 0.6 is 34.8 Å². The molecule has 0 amide bonds. The van der Waals surface area contributed by atoms with Crippen LogP contribution < -0.4 is 0 Å². The van der Waals surface area contributed by atoms with E-state index in [1.54, 1.807) is 6.07 Å². The largest absolute Gasteiger partial charge is 0.292 e. The lowest BCUT2D eigenvalue weighted by Gasteiger charge is -2.07. The molecule has 0 aliphatic rings. The van der Waals surface area contributed by atoms with Crippen LogP contribution in [-0.4, -0.2) is 11.2 Å². The van der Waals surface area contributed by atoms with Crippen molar-refractivity contribution in [1.29, 1.82) is 0 Å². The fourth-order valence-electron chi connectivity index (χ4n) is 1.78. The molecule has 0 heterocycles. The molecular weight excluding hydrogens is 291 g/mol. The number of carbonyl (C=O) groups is 1. The fraction of sp³-hybridized carbons (Fsp3) is 0.0714. The van der Waals surface area contributed by atoms with Crippen molar-refractivity contribution < 1.29 is 4.79 Å². The van der Waals surface area contributed by atoms with Crippen LogP contribution in [0, 0.1) is 0 Å². The van der Waals surface area contributed by atoms with E-state index in [1.807, 2.05) is 36.4 Å². The van der Waals surface area contributed by atoms with E-state index in [2.05, 4.69) is 0 Å². The Morgan fingerprint density at radius 2 is 1.72 bits per heavy atom. The van der Waals surface area contributed by atoms with Crippen LogP contribution in [0.25, 0.3) is 10.8 Å². The zero-order valence-corrected chi connectivity index (χ0v) is 11.5. The molecule has 1 nitrogen and oxygen atoms in total. The van der Waals surface area contributed by atoms with E-state index in [0.717, 1.165) is 10.8 Å². The molecule has 92 valence electrons. The normalized spacial score (nSPS) is 12.2. The first-order chi connectivity index (χ1) is 8.59. The highest BCUT2D eigenvalue weighted by Gasteiger charge is 2.17. The lowest BCUT2D eigenvalue weighted by molar-refractivity contribution is 0.100. The number of Topliss-reactive ketones (excluding diaryl/α,β-unsaturated/α-hetero) is 1. The molecule has 18 heavy (non-hydrogen) atoms. The monoisotopic (exact) mass is 298 g/mol. The summed E-state index contributed by atoms with van der Waals surface area (Å²) < 4.78 is -0.0106. The van der Waals surface area contributed by atoms with Gasteiger partial charge in [0.1, 0.15) is 9.87 Å². The second-order valence-electron chi connectivity index (χ2n) is 3.75. The summed E-state index contributed by atoms with van der Waals surface area (Å²) in [6.45, 7) is 0. The Balaban J connectivity index is 2.48. The molecule has 0 aromatic heterocycles. The molecule has 0 aliphatic carbocycles. The molecule has 0 saturated carbocycles. The van der Waals surface area contributed by atoms with Gasteiger partial charge in [0.05, 0.1) is 0 Å². The quantitative estimate of drug-likeness (QED) is 0.579. The molecule has 0 N–H and O–H groups in total. The third-order valence-corrected chi connectivity index (χ3v) is 3.15. The molecular formula is C14H9Cl3O. The number of alkyl halides is 1. The number of carbonyl (C=O) groups excluding carboxylic acids is 1. The maximum absolute atomic E-state index is 12.2. The Labute approximate surface area is 120 Å². The average molecular weight is 300 g/mol. The molecule has 1 unspecified atom stereocenters. The maximum atomic E-state index is 12.2. The standard InChI is InChI=1S/C14H9Cl3O/c15-12(8-13(16)17)14(18)11-7-3-5-9-4-1-2-6-10(9)11/h1-8,12H. The van der Waals surface area contributed by atoms with Crippen LogP contribution in [0.5, 0.6) is 0 Å². The van der Waals surface area contributed by atoms with Crippen LogP contribution in [0.2, 0.25) is 0 Å². The molecule has 0 fully saturated rings. The van der Waals surface area contributed by atoms with Gasteiger partial charge >= 0.3 is 0 Å². The highest BCUT2D eigenvalue weighted by Crippen LogP contribution is 2.22. The van der Waals surface area contributed by atoms with Gasteiger partial charge in [-0.15, -0.1) is 11.6 Å². The van der Waals surface area contributed by atoms with Crippen molar-refractivity contribution in [3.05, 3.63) is 58.6 Å². The summed E-state index contributed by atoms with van der Waals surface area (Å²) in [4.78, 5) is 12.2. The third kappa shape index (κ3) is 2.86. The lowest BCUT2D eigenvalue weighted by atomic mass is 10.00. The number of benzene rings is 2. The van der Waals surface area contributed by atoms with E-state index in [4.69, 9.17) is 34.8 Å². The number of ketones is 1. The van der Waals surface area contributed by atoms with Gasteiger partial charge in [-0.3, -0.25) is 4.79 Å². The average Bonchev–Trinajstić information content (AvgIpc) is 2.36. The molecule has 2 aromatic rings. The number of allylic oxidation sites excluding steroid dienone is 1. The van der Waals surface area contributed by atoms with E-state index in [0.29, 0.717) is 5.56 Å². The topological polar surface area (TPSA) is 17.1 Å². The van der Waals surface area contributed by atoms with Crippen molar-refractivity contribution in [1.82, 2.24) is 0 Å². The first-order valence-corrected chi connectivity index (χ1v) is 6.47. The van der Waals surface area contributed by atoms with E-state index in [9.17, 15) is 4.79 Å². The summed E-state index contributed by atoms with van der Waals surface area (Å²) in [5.74, 6) is -0.215. The Morgan fingerprint density at radius 3 is 2.44 bits per heavy atom. The summed E-state index contributed by atoms with van der Waals surface area (Å²) in [6, 6.07) is 13.1. The minimum Gasteiger partial charge on any atom is -0.292 e. The van der Waals surface area contributed by atoms with Gasteiger partial charge in [0.2, 0.25) is 0 Å². The minimum absolute atomic E-state index is 0.0106. The predicted octanol–water partition coefficient (Wildman–Crippen LogP) is 4.95. The van der Waals surface area contributed by atoms with Crippen molar-refractivity contribution in [2.45, 2.75) is 5.38 Å². The number of rotatable bonds is 3. The van der Waals surface area contributed by atoms with Gasteiger partial charge in [-0.25, -0.2) is 0 Å². The van der Waals surface area contributed by atoms with Crippen LogP contribution in [0.4, 0.5) is 0 Å². The zero-order valence-electron chi connectivity index (χ0n) is 9.24. The van der Waals surface area contributed by atoms with Gasteiger partial charge in [0.15, 0.2) is 5.78 Å². The van der Waals surface area contributed by atoms with Gasteiger partial charge in [-0.1, -0.05) is 65.7 Å². The van der Waals surface area contributed by atoms with Gasteiger partial charge in [-0.2, -0.15) is 0 Å². The molecule has 0 bridgehead atoms. The van der Waals surface area contributed by atoms with Crippen LogP contribution in [0.1, 0.15) is 10.4 Å². The van der Waals surface area contributed by atoms with Crippen molar-refractivity contribution in [2.24, 2.45) is 0 Å². The SMILES string of the molecule is O=C(c1cccc2ccccc12)C(Cl)C=C(Cl)Cl. The van der Waals surface area contributed by atoms with E-state index in [1.165, 1.54) is 6.08 Å². The van der Waals surface area contributed by atoms with Gasteiger partial charge in [0, 0.05) is 5.56 Å². The summed E-state index contributed by atoms with van der Waals surface area (Å²) in [5.41, 5.74) is 0.568. The number of hydrogen-bond donors (Lipinski definition) is 0. The van der Waals surface area contributed by atoms with E-state index >= 15 is 0 Å². The molecule has 2 rings (SSSR count). The zero-order chi connectivity index (χ0) is 13.1. The smallest absolute Gasteiger partial charge is 0.185 e. The second-order valence-corrected chi connectivity index (χ2v) is 5.23. The minimum atomic E-state index is -0.860. The van der Waals surface area contributed by atoms with E-state index in [-0.39, 0.29) is 10.3 Å². The molecule has 0 radical (unpaired) electrons. The Hall–Kier alpha value is -1.02. The van der Waals surface area contributed by atoms with Crippen molar-refractivity contribution >= 4 is 51.4 Å². The molecule has 2 aromatic carbocycles. The lowest BCUT2D eigenvalue weighted by Crippen LogP contribution is -2.12. The molecule has 4 heteroatoms.